The highest BCUT2D eigenvalue weighted by Gasteiger charge is 2.12. The van der Waals surface area contributed by atoms with E-state index in [1.807, 2.05) is 25.6 Å². The van der Waals surface area contributed by atoms with Crippen LogP contribution in [0.5, 0.6) is 0 Å². The van der Waals surface area contributed by atoms with Gasteiger partial charge < -0.3 is 5.32 Å². The third kappa shape index (κ3) is 2.81. The van der Waals surface area contributed by atoms with Gasteiger partial charge in [0.1, 0.15) is 5.82 Å². The molecule has 2 aromatic rings. The summed E-state index contributed by atoms with van der Waals surface area (Å²) in [5.74, 6) is 0.328. The van der Waals surface area contributed by atoms with E-state index >= 15 is 0 Å². The third-order valence-corrected chi connectivity index (χ3v) is 3.20. The molecule has 0 unspecified atom stereocenters. The zero-order valence-corrected chi connectivity index (χ0v) is 11.2. The molecule has 0 fully saturated rings. The maximum absolute atomic E-state index is 12.6. The summed E-state index contributed by atoms with van der Waals surface area (Å²) < 4.78 is 27.9. The number of hydrogen-bond acceptors (Lipinski definition) is 3. The van der Waals surface area contributed by atoms with Crippen LogP contribution in [0.1, 0.15) is 29.3 Å². The van der Waals surface area contributed by atoms with Crippen molar-refractivity contribution in [2.24, 2.45) is 7.05 Å². The van der Waals surface area contributed by atoms with Gasteiger partial charge in [0.2, 0.25) is 0 Å². The van der Waals surface area contributed by atoms with Gasteiger partial charge in [-0.25, -0.2) is 4.98 Å². The first-order chi connectivity index (χ1) is 9.00. The predicted octanol–water partition coefficient (Wildman–Crippen LogP) is 1.92. The monoisotopic (exact) mass is 269 g/mol. The first-order valence-electron chi connectivity index (χ1n) is 6.00. The van der Waals surface area contributed by atoms with Crippen LogP contribution in [0.2, 0.25) is 0 Å². The summed E-state index contributed by atoms with van der Waals surface area (Å²) >= 11 is 0. The van der Waals surface area contributed by atoms with Gasteiger partial charge in [-0.1, -0.05) is 0 Å². The number of hydrogen-bond donors (Lipinski definition) is 1. The molecule has 0 spiro atoms. The van der Waals surface area contributed by atoms with Gasteiger partial charge in [-0.3, -0.25) is 9.25 Å². The molecule has 19 heavy (non-hydrogen) atoms. The van der Waals surface area contributed by atoms with Crippen LogP contribution in [0, 0.1) is 13.8 Å². The van der Waals surface area contributed by atoms with E-state index in [4.69, 9.17) is 0 Å². The number of aryl methyl sites for hydroxylation is 2. The highest BCUT2D eigenvalue weighted by atomic mass is 19.3. The minimum absolute atomic E-state index is 0.297. The van der Waals surface area contributed by atoms with E-state index in [1.165, 1.54) is 12.4 Å². The Labute approximate surface area is 110 Å². The molecule has 2 rings (SSSR count). The second-order valence-electron chi connectivity index (χ2n) is 4.40. The molecule has 0 bridgehead atoms. The van der Waals surface area contributed by atoms with Gasteiger partial charge in [0.25, 0.3) is 0 Å². The van der Waals surface area contributed by atoms with E-state index in [-0.39, 0.29) is 0 Å². The lowest BCUT2D eigenvalue weighted by Gasteiger charge is -2.08. The van der Waals surface area contributed by atoms with Crippen molar-refractivity contribution in [2.45, 2.75) is 33.5 Å². The quantitative estimate of drug-likeness (QED) is 0.902. The first-order valence-corrected chi connectivity index (χ1v) is 6.00. The summed E-state index contributed by atoms with van der Waals surface area (Å²) in [6.07, 6.45) is 2.66. The van der Waals surface area contributed by atoms with Crippen molar-refractivity contribution in [3.8, 4) is 0 Å². The average molecular weight is 269 g/mol. The second kappa shape index (κ2) is 5.48. The van der Waals surface area contributed by atoms with Crippen LogP contribution in [-0.2, 0) is 20.1 Å². The van der Waals surface area contributed by atoms with Crippen LogP contribution in [0.15, 0.2) is 12.4 Å². The van der Waals surface area contributed by atoms with E-state index in [1.54, 1.807) is 0 Å². The van der Waals surface area contributed by atoms with Gasteiger partial charge in [0, 0.05) is 37.2 Å². The third-order valence-electron chi connectivity index (χ3n) is 3.20. The molecule has 2 aromatic heterocycles. The molecule has 7 heteroatoms. The highest BCUT2D eigenvalue weighted by molar-refractivity contribution is 5.24. The number of rotatable bonds is 5. The molecule has 5 nitrogen and oxygen atoms in total. The van der Waals surface area contributed by atoms with Crippen molar-refractivity contribution in [2.75, 3.05) is 0 Å². The molecule has 1 N–H and O–H groups in total. The van der Waals surface area contributed by atoms with Crippen LogP contribution in [0.3, 0.4) is 0 Å². The topological polar surface area (TPSA) is 47.7 Å². The smallest absolute Gasteiger partial charge is 0.306 e. The fraction of sp³-hybridized carbons (Fsp3) is 0.500. The van der Waals surface area contributed by atoms with Crippen molar-refractivity contribution in [1.29, 1.82) is 0 Å². The van der Waals surface area contributed by atoms with Crippen molar-refractivity contribution in [3.63, 3.8) is 0 Å². The Balaban J connectivity index is 1.98. The van der Waals surface area contributed by atoms with Crippen LogP contribution in [0.4, 0.5) is 8.78 Å². The Bertz CT molecular complexity index is 558. The molecular weight excluding hydrogens is 252 g/mol. The zero-order valence-electron chi connectivity index (χ0n) is 11.2. The predicted molar refractivity (Wildman–Crippen MR) is 66.7 cm³/mol. The van der Waals surface area contributed by atoms with E-state index in [0.29, 0.717) is 18.9 Å². The molecule has 0 saturated carbocycles. The Morgan fingerprint density at radius 2 is 2.05 bits per heavy atom. The lowest BCUT2D eigenvalue weighted by Crippen LogP contribution is -2.17. The van der Waals surface area contributed by atoms with E-state index in [0.717, 1.165) is 21.5 Å². The molecule has 0 amide bonds. The molecule has 0 aromatic carbocycles. The van der Waals surface area contributed by atoms with E-state index < -0.39 is 6.55 Å². The molecule has 0 aliphatic heterocycles. The van der Waals surface area contributed by atoms with Crippen molar-refractivity contribution < 1.29 is 8.78 Å². The molecule has 0 aliphatic rings. The fourth-order valence-corrected chi connectivity index (χ4v) is 2.03. The van der Waals surface area contributed by atoms with Gasteiger partial charge in [0.15, 0.2) is 0 Å². The molecule has 0 radical (unpaired) electrons. The Morgan fingerprint density at radius 3 is 2.63 bits per heavy atom. The van der Waals surface area contributed by atoms with E-state index in [9.17, 15) is 8.78 Å². The number of nitrogens with zero attached hydrogens (tertiary/aromatic N) is 4. The summed E-state index contributed by atoms with van der Waals surface area (Å²) in [7, 11) is 1.88. The normalized spacial score (nSPS) is 11.5. The van der Waals surface area contributed by atoms with Crippen molar-refractivity contribution in [3.05, 3.63) is 35.2 Å². The van der Waals surface area contributed by atoms with Crippen LogP contribution in [-0.4, -0.2) is 19.3 Å². The average Bonchev–Trinajstić information content (AvgIpc) is 2.89. The number of imidazole rings is 1. The largest absolute Gasteiger partial charge is 0.319 e. The van der Waals surface area contributed by atoms with Gasteiger partial charge in [-0.2, -0.15) is 13.9 Å². The lowest BCUT2D eigenvalue weighted by atomic mass is 10.2. The van der Waals surface area contributed by atoms with Gasteiger partial charge in [-0.15, -0.1) is 0 Å². The van der Waals surface area contributed by atoms with Crippen molar-refractivity contribution >= 4 is 0 Å². The molecule has 2 heterocycles. The van der Waals surface area contributed by atoms with Crippen LogP contribution < -0.4 is 5.32 Å². The Kier molecular flexibility index (Phi) is 3.94. The molecule has 0 aliphatic carbocycles. The maximum Gasteiger partial charge on any atom is 0.319 e. The minimum atomic E-state index is -2.55. The summed E-state index contributed by atoms with van der Waals surface area (Å²) in [6.45, 7) is 2.25. The summed E-state index contributed by atoms with van der Waals surface area (Å²) in [4.78, 5) is 3.92. The Hall–Kier alpha value is -1.76. The number of nitrogens with one attached hydrogen (secondary N) is 1. The number of halogens is 2. The fourth-order valence-electron chi connectivity index (χ4n) is 2.03. The van der Waals surface area contributed by atoms with E-state index in [2.05, 4.69) is 15.4 Å². The zero-order chi connectivity index (χ0) is 14.0. The molecule has 0 atom stereocenters. The summed E-state index contributed by atoms with van der Waals surface area (Å²) in [6, 6.07) is 0. The van der Waals surface area contributed by atoms with Gasteiger partial charge in [-0.05, 0) is 13.8 Å². The molecule has 0 saturated heterocycles. The highest BCUT2D eigenvalue weighted by Crippen LogP contribution is 2.13. The first kappa shape index (κ1) is 13.7. The molecule has 104 valence electrons. The second-order valence-corrected chi connectivity index (χ2v) is 4.40. The maximum atomic E-state index is 12.6. The summed E-state index contributed by atoms with van der Waals surface area (Å²) in [5, 5.41) is 7.43. The Morgan fingerprint density at radius 1 is 1.32 bits per heavy atom. The van der Waals surface area contributed by atoms with Gasteiger partial charge >= 0.3 is 6.55 Å². The van der Waals surface area contributed by atoms with Crippen molar-refractivity contribution in [1.82, 2.24) is 24.6 Å². The lowest BCUT2D eigenvalue weighted by molar-refractivity contribution is 0.0666. The molecular formula is C12H17F2N5. The van der Waals surface area contributed by atoms with Crippen LogP contribution in [0.25, 0.3) is 0 Å². The summed E-state index contributed by atoms with van der Waals surface area (Å²) in [5.41, 5.74) is 3.12. The minimum Gasteiger partial charge on any atom is -0.306 e. The van der Waals surface area contributed by atoms with Crippen LogP contribution >= 0.6 is 0 Å². The standard InChI is InChI=1S/C12H17F2N5/c1-8-10(9(2)18(3)17-8)6-15-7-11-16-4-5-19(11)12(13)14/h4-5,12,15H,6-7H2,1-3H3. The number of aromatic nitrogens is 4. The SMILES string of the molecule is Cc1nn(C)c(C)c1CNCc1nccn1C(F)F. The van der Waals surface area contributed by atoms with Gasteiger partial charge in [0.05, 0.1) is 12.2 Å². The number of alkyl halides is 2.